The molecule has 4 nitrogen and oxygen atoms in total. The molecule has 1 rings (SSSR count). The lowest BCUT2D eigenvalue weighted by atomic mass is 9.98. The van der Waals surface area contributed by atoms with Crippen molar-refractivity contribution in [1.82, 2.24) is 10.2 Å². The Balaban J connectivity index is 2.27. The fraction of sp³-hybridized carbons (Fsp3) is 0.929. The number of esters is 1. The van der Waals surface area contributed by atoms with E-state index >= 15 is 0 Å². The van der Waals surface area contributed by atoms with Gasteiger partial charge in [0, 0.05) is 6.54 Å². The molecule has 0 radical (unpaired) electrons. The summed E-state index contributed by atoms with van der Waals surface area (Å²) in [6, 6.07) is -0.226. The predicted molar refractivity (Wildman–Crippen MR) is 73.5 cm³/mol. The van der Waals surface area contributed by atoms with Gasteiger partial charge in [-0.05, 0) is 66.6 Å². The van der Waals surface area contributed by atoms with E-state index in [1.54, 1.807) is 0 Å². The third-order valence-corrected chi connectivity index (χ3v) is 3.20. The second-order valence-corrected chi connectivity index (χ2v) is 6.43. The van der Waals surface area contributed by atoms with Crippen molar-refractivity contribution in [2.24, 2.45) is 5.92 Å². The molecule has 0 saturated carbocycles. The average molecular weight is 256 g/mol. The Kier molecular flexibility index (Phi) is 5.60. The SMILES string of the molecule is CC(NCC1CCCN(C)C1)C(=O)OC(C)(C)C. The van der Waals surface area contributed by atoms with Crippen LogP contribution in [0.1, 0.15) is 40.5 Å². The van der Waals surface area contributed by atoms with Crippen molar-refractivity contribution in [3.05, 3.63) is 0 Å². The molecule has 2 unspecified atom stereocenters. The van der Waals surface area contributed by atoms with Gasteiger partial charge >= 0.3 is 5.97 Å². The zero-order valence-electron chi connectivity index (χ0n) is 12.5. The molecule has 1 N–H and O–H groups in total. The van der Waals surface area contributed by atoms with Crippen molar-refractivity contribution in [2.75, 3.05) is 26.7 Å². The minimum atomic E-state index is -0.405. The number of rotatable bonds is 4. The van der Waals surface area contributed by atoms with Crippen LogP contribution in [-0.2, 0) is 9.53 Å². The van der Waals surface area contributed by atoms with Crippen molar-refractivity contribution >= 4 is 5.97 Å². The lowest BCUT2D eigenvalue weighted by Gasteiger charge is -2.30. The van der Waals surface area contributed by atoms with E-state index in [2.05, 4.69) is 17.3 Å². The standard InChI is InChI=1S/C14H28N2O2/c1-11(13(17)18-14(2,3)4)15-9-12-7-6-8-16(5)10-12/h11-12,15H,6-10H2,1-5H3. The van der Waals surface area contributed by atoms with Crippen LogP contribution in [0, 0.1) is 5.92 Å². The number of likely N-dealkylation sites (tertiary alicyclic amines) is 1. The van der Waals surface area contributed by atoms with E-state index in [0.717, 1.165) is 13.1 Å². The quantitative estimate of drug-likeness (QED) is 0.777. The molecule has 0 spiro atoms. The number of carbonyl (C=O) groups excluding carboxylic acids is 1. The Morgan fingerprint density at radius 2 is 2.17 bits per heavy atom. The first-order chi connectivity index (χ1) is 8.28. The van der Waals surface area contributed by atoms with Gasteiger partial charge in [-0.3, -0.25) is 4.79 Å². The molecule has 1 aliphatic heterocycles. The zero-order valence-corrected chi connectivity index (χ0v) is 12.5. The highest BCUT2D eigenvalue weighted by Crippen LogP contribution is 2.14. The zero-order chi connectivity index (χ0) is 13.8. The Bertz CT molecular complexity index is 273. The van der Waals surface area contributed by atoms with Crippen LogP contribution in [0.2, 0.25) is 0 Å². The van der Waals surface area contributed by atoms with Gasteiger partial charge in [0.05, 0.1) is 0 Å². The molecule has 0 aromatic heterocycles. The summed E-state index contributed by atoms with van der Waals surface area (Å²) >= 11 is 0. The predicted octanol–water partition coefficient (Wildman–Crippen LogP) is 1.65. The van der Waals surface area contributed by atoms with Crippen LogP contribution >= 0.6 is 0 Å². The van der Waals surface area contributed by atoms with E-state index in [1.165, 1.54) is 19.4 Å². The van der Waals surface area contributed by atoms with E-state index in [1.807, 2.05) is 27.7 Å². The van der Waals surface area contributed by atoms with Crippen molar-refractivity contribution in [3.63, 3.8) is 0 Å². The summed E-state index contributed by atoms with van der Waals surface area (Å²) in [6.45, 7) is 10.8. The van der Waals surface area contributed by atoms with Gasteiger partial charge in [-0.15, -0.1) is 0 Å². The monoisotopic (exact) mass is 256 g/mol. The molecule has 0 amide bonds. The fourth-order valence-electron chi connectivity index (χ4n) is 2.26. The molecule has 1 fully saturated rings. The summed E-state index contributed by atoms with van der Waals surface area (Å²) in [5.41, 5.74) is -0.405. The average Bonchev–Trinajstić information content (AvgIpc) is 2.23. The van der Waals surface area contributed by atoms with Gasteiger partial charge in [-0.25, -0.2) is 0 Å². The molecule has 1 aliphatic rings. The first-order valence-electron chi connectivity index (χ1n) is 6.93. The number of hydrogen-bond donors (Lipinski definition) is 1. The molecule has 1 heterocycles. The number of hydrogen-bond acceptors (Lipinski definition) is 4. The van der Waals surface area contributed by atoms with E-state index in [9.17, 15) is 4.79 Å². The minimum absolute atomic E-state index is 0.160. The normalized spacial score (nSPS) is 23.7. The number of carbonyl (C=O) groups is 1. The maximum Gasteiger partial charge on any atom is 0.323 e. The number of piperidine rings is 1. The largest absolute Gasteiger partial charge is 0.459 e. The van der Waals surface area contributed by atoms with Gasteiger partial charge < -0.3 is 15.0 Å². The molecule has 0 bridgehead atoms. The first kappa shape index (κ1) is 15.4. The fourth-order valence-corrected chi connectivity index (χ4v) is 2.26. The molecule has 0 aromatic rings. The van der Waals surface area contributed by atoms with E-state index in [-0.39, 0.29) is 12.0 Å². The molecular formula is C14H28N2O2. The minimum Gasteiger partial charge on any atom is -0.459 e. The van der Waals surface area contributed by atoms with Gasteiger partial charge in [-0.1, -0.05) is 0 Å². The van der Waals surface area contributed by atoms with Crippen LogP contribution in [-0.4, -0.2) is 49.2 Å². The lowest BCUT2D eigenvalue weighted by Crippen LogP contribution is -2.44. The van der Waals surface area contributed by atoms with Crippen LogP contribution in [0.3, 0.4) is 0 Å². The van der Waals surface area contributed by atoms with Crippen molar-refractivity contribution in [1.29, 1.82) is 0 Å². The Morgan fingerprint density at radius 3 is 2.72 bits per heavy atom. The number of nitrogens with zero attached hydrogens (tertiary/aromatic N) is 1. The van der Waals surface area contributed by atoms with E-state index < -0.39 is 5.60 Å². The highest BCUT2D eigenvalue weighted by atomic mass is 16.6. The third kappa shape index (κ3) is 5.83. The summed E-state index contributed by atoms with van der Waals surface area (Å²) in [6.07, 6.45) is 2.50. The second-order valence-electron chi connectivity index (χ2n) is 6.43. The van der Waals surface area contributed by atoms with Gasteiger partial charge in [-0.2, -0.15) is 0 Å². The van der Waals surface area contributed by atoms with Gasteiger partial charge in [0.25, 0.3) is 0 Å². The van der Waals surface area contributed by atoms with Crippen molar-refractivity contribution < 1.29 is 9.53 Å². The molecule has 18 heavy (non-hydrogen) atoms. The lowest BCUT2D eigenvalue weighted by molar-refractivity contribution is -0.157. The van der Waals surface area contributed by atoms with Crippen LogP contribution in [0.25, 0.3) is 0 Å². The van der Waals surface area contributed by atoms with Gasteiger partial charge in [0.15, 0.2) is 0 Å². The Labute approximate surface area is 111 Å². The van der Waals surface area contributed by atoms with Gasteiger partial charge in [0.2, 0.25) is 0 Å². The molecule has 1 saturated heterocycles. The van der Waals surface area contributed by atoms with Crippen LogP contribution in [0.5, 0.6) is 0 Å². The summed E-state index contributed by atoms with van der Waals surface area (Å²) in [4.78, 5) is 14.2. The molecular weight excluding hydrogens is 228 g/mol. The maximum absolute atomic E-state index is 11.8. The molecule has 0 aliphatic carbocycles. The summed E-state index contributed by atoms with van der Waals surface area (Å²) in [7, 11) is 2.16. The molecule has 106 valence electrons. The van der Waals surface area contributed by atoms with Gasteiger partial charge in [0.1, 0.15) is 11.6 Å². The Morgan fingerprint density at radius 1 is 1.50 bits per heavy atom. The summed E-state index contributed by atoms with van der Waals surface area (Å²) < 4.78 is 5.35. The third-order valence-electron chi connectivity index (χ3n) is 3.20. The Hall–Kier alpha value is -0.610. The van der Waals surface area contributed by atoms with Crippen LogP contribution < -0.4 is 5.32 Å². The van der Waals surface area contributed by atoms with Crippen molar-refractivity contribution in [3.8, 4) is 0 Å². The topological polar surface area (TPSA) is 41.6 Å². The highest BCUT2D eigenvalue weighted by Gasteiger charge is 2.23. The summed E-state index contributed by atoms with van der Waals surface area (Å²) in [5.74, 6) is 0.486. The molecule has 0 aromatic carbocycles. The smallest absolute Gasteiger partial charge is 0.323 e. The first-order valence-corrected chi connectivity index (χ1v) is 6.93. The van der Waals surface area contributed by atoms with E-state index in [0.29, 0.717) is 5.92 Å². The summed E-state index contributed by atoms with van der Waals surface area (Å²) in [5, 5.41) is 3.29. The molecule has 2 atom stereocenters. The molecule has 4 heteroatoms. The number of ether oxygens (including phenoxy) is 1. The second kappa shape index (κ2) is 6.53. The van der Waals surface area contributed by atoms with Crippen molar-refractivity contribution in [2.45, 2.75) is 52.2 Å². The van der Waals surface area contributed by atoms with E-state index in [4.69, 9.17) is 4.74 Å². The van der Waals surface area contributed by atoms with Crippen LogP contribution in [0.4, 0.5) is 0 Å². The number of nitrogens with one attached hydrogen (secondary N) is 1. The maximum atomic E-state index is 11.8. The highest BCUT2D eigenvalue weighted by molar-refractivity contribution is 5.75. The van der Waals surface area contributed by atoms with Crippen LogP contribution in [0.15, 0.2) is 0 Å².